The van der Waals surface area contributed by atoms with Crippen LogP contribution in [0, 0.1) is 19.8 Å². The van der Waals surface area contributed by atoms with Crippen LogP contribution in [0.4, 0.5) is 0 Å². The largest absolute Gasteiger partial charge is 0.495 e. The highest BCUT2D eigenvalue weighted by atomic mass is 32.2. The second kappa shape index (κ2) is 9.25. The molecule has 0 atom stereocenters. The number of methoxy groups -OCH3 is 1. The maximum Gasteiger partial charge on any atom is 0.301 e. The molecule has 1 aromatic heterocycles. The maximum atomic E-state index is 12.6. The fourth-order valence-electron chi connectivity index (χ4n) is 2.42. The van der Waals surface area contributed by atoms with Crippen LogP contribution in [-0.4, -0.2) is 27.1 Å². The van der Waals surface area contributed by atoms with Crippen molar-refractivity contribution in [2.24, 2.45) is 5.92 Å². The van der Waals surface area contributed by atoms with E-state index in [1.54, 1.807) is 6.07 Å². The van der Waals surface area contributed by atoms with Gasteiger partial charge in [-0.3, -0.25) is 8.98 Å². The predicted molar refractivity (Wildman–Crippen MR) is 106 cm³/mol. The van der Waals surface area contributed by atoms with Gasteiger partial charge < -0.3 is 14.5 Å². The fraction of sp³-hybridized carbons (Fsp3) is 0.450. The van der Waals surface area contributed by atoms with E-state index in [4.69, 9.17) is 13.7 Å². The van der Waals surface area contributed by atoms with Crippen LogP contribution >= 0.6 is 0 Å². The van der Waals surface area contributed by atoms with Gasteiger partial charge in [0.25, 0.3) is 0 Å². The Morgan fingerprint density at radius 1 is 1.07 bits per heavy atom. The normalized spacial score (nSPS) is 11.6. The lowest BCUT2D eigenvalue weighted by molar-refractivity contribution is 0.283. The number of hydrogen-bond donors (Lipinski definition) is 1. The van der Waals surface area contributed by atoms with Gasteiger partial charge in [0, 0.05) is 18.0 Å². The third-order valence-corrected chi connectivity index (χ3v) is 5.59. The molecule has 0 saturated heterocycles. The monoisotopic (exact) mass is 409 g/mol. The van der Waals surface area contributed by atoms with Crippen molar-refractivity contribution in [1.29, 1.82) is 0 Å². The molecule has 0 spiro atoms. The lowest BCUT2D eigenvalue weighted by Crippen LogP contribution is -2.13. The summed E-state index contributed by atoms with van der Waals surface area (Å²) in [5.41, 5.74) is 1.71. The van der Waals surface area contributed by atoms with Crippen molar-refractivity contribution in [3.8, 4) is 11.5 Å². The molecule has 0 aliphatic heterocycles. The van der Waals surface area contributed by atoms with Crippen molar-refractivity contribution in [2.45, 2.75) is 45.6 Å². The highest BCUT2D eigenvalue weighted by Crippen LogP contribution is 2.29. The molecule has 1 N–H and O–H groups in total. The number of H-pyrrole nitrogens is 1. The van der Waals surface area contributed by atoms with E-state index in [2.05, 4.69) is 18.8 Å². The molecule has 8 heteroatoms. The van der Waals surface area contributed by atoms with E-state index in [9.17, 15) is 13.2 Å². The molecule has 1 heterocycles. The first-order chi connectivity index (χ1) is 13.1. The molecule has 0 unspecified atom stereocenters. The summed E-state index contributed by atoms with van der Waals surface area (Å²) in [6, 6.07) is 4.44. The van der Waals surface area contributed by atoms with Gasteiger partial charge in [0.2, 0.25) is 5.43 Å². The molecule has 0 bridgehead atoms. The van der Waals surface area contributed by atoms with Gasteiger partial charge in [0.15, 0.2) is 5.75 Å². The topological polar surface area (TPSA) is 94.7 Å². The molecule has 1 aromatic carbocycles. The molecule has 2 rings (SSSR count). The zero-order valence-electron chi connectivity index (χ0n) is 16.9. The summed E-state index contributed by atoms with van der Waals surface area (Å²) in [5.74, 6) is 0.882. The highest BCUT2D eigenvalue weighted by molar-refractivity contribution is 7.86. The molecule has 2 aromatic rings. The molecule has 0 radical (unpaired) electrons. The van der Waals surface area contributed by atoms with Crippen molar-refractivity contribution < 1.29 is 22.1 Å². The van der Waals surface area contributed by atoms with E-state index in [1.165, 1.54) is 25.4 Å². The Kier molecular flexibility index (Phi) is 7.26. The molecule has 0 amide bonds. The third-order valence-electron chi connectivity index (χ3n) is 4.31. The van der Waals surface area contributed by atoms with Gasteiger partial charge in [-0.1, -0.05) is 13.8 Å². The number of hydrogen-bond acceptors (Lipinski definition) is 6. The van der Waals surface area contributed by atoms with Crippen LogP contribution in [0.2, 0.25) is 0 Å². The Balaban J connectivity index is 2.12. The molecule has 0 saturated carbocycles. The Morgan fingerprint density at radius 3 is 2.36 bits per heavy atom. The van der Waals surface area contributed by atoms with Gasteiger partial charge in [-0.05, 0) is 49.4 Å². The number of aromatic amines is 1. The number of nitrogens with one attached hydrogen (secondary N) is 1. The lowest BCUT2D eigenvalue weighted by Gasteiger charge is -2.13. The number of aromatic nitrogens is 1. The van der Waals surface area contributed by atoms with Crippen LogP contribution < -0.4 is 14.9 Å². The van der Waals surface area contributed by atoms with Crippen molar-refractivity contribution in [2.75, 3.05) is 13.7 Å². The minimum absolute atomic E-state index is 0.0471. The van der Waals surface area contributed by atoms with E-state index < -0.39 is 10.1 Å². The average Bonchev–Trinajstić information content (AvgIpc) is 2.63. The van der Waals surface area contributed by atoms with Gasteiger partial charge >= 0.3 is 10.1 Å². The highest BCUT2D eigenvalue weighted by Gasteiger charge is 2.22. The van der Waals surface area contributed by atoms with Crippen LogP contribution in [0.25, 0.3) is 0 Å². The van der Waals surface area contributed by atoms with E-state index in [0.29, 0.717) is 18.2 Å². The van der Waals surface area contributed by atoms with Gasteiger partial charge in [-0.15, -0.1) is 0 Å². The van der Waals surface area contributed by atoms with Gasteiger partial charge in [-0.2, -0.15) is 8.42 Å². The zero-order valence-corrected chi connectivity index (χ0v) is 17.7. The molecular formula is C20H27NO6S. The molecule has 0 fully saturated rings. The standard InChI is InChI=1S/C20H27NO6S/c1-13(2)6-7-26-19-11-21-16(10-17(19)22)12-27-28(23,24)20-9-15(4)14(3)8-18(20)25-5/h8-11,13H,6-7,12H2,1-5H3,(H,21,22). The van der Waals surface area contributed by atoms with Crippen molar-refractivity contribution >= 4 is 10.1 Å². The number of aryl methyl sites for hydroxylation is 2. The molecule has 0 aliphatic rings. The Hall–Kier alpha value is -2.32. The first-order valence-electron chi connectivity index (χ1n) is 9.03. The zero-order chi connectivity index (χ0) is 20.9. The van der Waals surface area contributed by atoms with Crippen molar-refractivity contribution in [1.82, 2.24) is 4.98 Å². The number of rotatable bonds is 9. The minimum atomic E-state index is -4.07. The quantitative estimate of drug-likeness (QED) is 0.639. The SMILES string of the molecule is COc1cc(C)c(C)cc1S(=O)(=O)OCc1cc(=O)c(OCCC(C)C)c[nH]1. The maximum absolute atomic E-state index is 12.6. The number of pyridine rings is 1. The summed E-state index contributed by atoms with van der Waals surface area (Å²) in [7, 11) is -2.66. The van der Waals surface area contributed by atoms with Crippen molar-refractivity contribution in [3.63, 3.8) is 0 Å². The van der Waals surface area contributed by atoms with Crippen LogP contribution in [-0.2, 0) is 20.9 Å². The lowest BCUT2D eigenvalue weighted by atomic mass is 10.1. The Bertz CT molecular complexity index is 979. The van der Waals surface area contributed by atoms with Gasteiger partial charge in [0.1, 0.15) is 17.3 Å². The van der Waals surface area contributed by atoms with Crippen LogP contribution in [0.3, 0.4) is 0 Å². The van der Waals surface area contributed by atoms with Crippen LogP contribution in [0.15, 0.2) is 34.1 Å². The summed E-state index contributed by atoms with van der Waals surface area (Å²) < 4.78 is 40.9. The van der Waals surface area contributed by atoms with Crippen molar-refractivity contribution in [3.05, 3.63) is 51.4 Å². The summed E-state index contributed by atoms with van der Waals surface area (Å²) >= 11 is 0. The molecular weight excluding hydrogens is 382 g/mol. The number of benzene rings is 1. The predicted octanol–water partition coefficient (Wildman–Crippen LogP) is 3.33. The second-order valence-corrected chi connectivity index (χ2v) is 8.61. The van der Waals surface area contributed by atoms with Crippen LogP contribution in [0.1, 0.15) is 37.1 Å². The minimum Gasteiger partial charge on any atom is -0.495 e. The first kappa shape index (κ1) is 22.0. The Morgan fingerprint density at radius 2 is 1.75 bits per heavy atom. The van der Waals surface area contributed by atoms with Gasteiger partial charge in [-0.25, -0.2) is 0 Å². The van der Waals surface area contributed by atoms with E-state index in [-0.39, 0.29) is 28.4 Å². The number of ether oxygens (including phenoxy) is 2. The summed E-state index contributed by atoms with van der Waals surface area (Å²) in [4.78, 5) is 14.9. The summed E-state index contributed by atoms with van der Waals surface area (Å²) in [5, 5.41) is 0. The average molecular weight is 410 g/mol. The summed E-state index contributed by atoms with van der Waals surface area (Å²) in [6.45, 7) is 7.95. The van der Waals surface area contributed by atoms with E-state index in [1.807, 2.05) is 13.8 Å². The molecule has 7 nitrogen and oxygen atoms in total. The molecule has 28 heavy (non-hydrogen) atoms. The first-order valence-corrected chi connectivity index (χ1v) is 10.4. The Labute approximate surface area is 165 Å². The molecule has 0 aliphatic carbocycles. The second-order valence-electron chi connectivity index (χ2n) is 7.02. The third kappa shape index (κ3) is 5.59. The van der Waals surface area contributed by atoms with E-state index >= 15 is 0 Å². The smallest absolute Gasteiger partial charge is 0.301 e. The fourth-order valence-corrected chi connectivity index (χ4v) is 3.54. The molecule has 154 valence electrons. The summed E-state index contributed by atoms with van der Waals surface area (Å²) in [6.07, 6.45) is 2.25. The van der Waals surface area contributed by atoms with Crippen LogP contribution in [0.5, 0.6) is 11.5 Å². The van der Waals surface area contributed by atoms with Gasteiger partial charge in [0.05, 0.1) is 13.7 Å². The van der Waals surface area contributed by atoms with E-state index in [0.717, 1.165) is 17.5 Å².